The first-order valence-electron chi connectivity index (χ1n) is 11.0. The lowest BCUT2D eigenvalue weighted by molar-refractivity contribution is 0.0928. The van der Waals surface area contributed by atoms with E-state index in [1.54, 1.807) is 0 Å². The van der Waals surface area contributed by atoms with E-state index in [0.29, 0.717) is 12.2 Å². The molecular formula is C24H25N7O. The first-order chi connectivity index (χ1) is 15.7. The zero-order chi connectivity index (χ0) is 21.7. The molecule has 6 rings (SSSR count). The summed E-state index contributed by atoms with van der Waals surface area (Å²) in [6.45, 7) is 5.58. The molecule has 8 nitrogen and oxygen atoms in total. The van der Waals surface area contributed by atoms with Crippen molar-refractivity contribution in [3.63, 3.8) is 0 Å². The Morgan fingerprint density at radius 3 is 2.56 bits per heavy atom. The minimum atomic E-state index is -0.0207. The van der Waals surface area contributed by atoms with E-state index in [9.17, 15) is 4.79 Å². The number of H-pyrrole nitrogens is 1. The summed E-state index contributed by atoms with van der Waals surface area (Å²) in [7, 11) is 2.16. The number of hydrogen-bond donors (Lipinski definition) is 2. The third-order valence-corrected chi connectivity index (χ3v) is 6.52. The molecule has 162 valence electrons. The van der Waals surface area contributed by atoms with Gasteiger partial charge in [0.25, 0.3) is 5.91 Å². The third kappa shape index (κ3) is 3.23. The monoisotopic (exact) mass is 427 g/mol. The molecule has 4 aromatic rings. The standard InChI is InChI=1S/C24H25N7O/c1-29-6-8-30(9-7-29)22-3-2-16(12-26-22)17-10-19-20(14-28-23(19)27-13-17)18-11-21-24(32)25-4-5-31(21)15-18/h2-3,10-15H,4-9H2,1H3,(H,25,32)(H,27,28). The second kappa shape index (κ2) is 7.49. The lowest BCUT2D eigenvalue weighted by atomic mass is 10.0. The predicted octanol–water partition coefficient (Wildman–Crippen LogP) is 2.59. The van der Waals surface area contributed by atoms with E-state index in [0.717, 1.165) is 71.8 Å². The molecular weight excluding hydrogens is 402 g/mol. The van der Waals surface area contributed by atoms with E-state index < -0.39 is 0 Å². The number of pyridine rings is 2. The highest BCUT2D eigenvalue weighted by Gasteiger charge is 2.20. The minimum absolute atomic E-state index is 0.0207. The molecule has 8 heteroatoms. The van der Waals surface area contributed by atoms with Gasteiger partial charge in [-0.1, -0.05) is 0 Å². The molecule has 0 aromatic carbocycles. The highest BCUT2D eigenvalue weighted by molar-refractivity contribution is 5.99. The molecule has 0 bridgehead atoms. The van der Waals surface area contributed by atoms with E-state index in [4.69, 9.17) is 4.98 Å². The average Bonchev–Trinajstić information content (AvgIpc) is 3.44. The van der Waals surface area contributed by atoms with Crippen LogP contribution < -0.4 is 10.2 Å². The minimum Gasteiger partial charge on any atom is -0.354 e. The molecule has 0 spiro atoms. The second-order valence-electron chi connectivity index (χ2n) is 8.58. The molecule has 1 amide bonds. The van der Waals surface area contributed by atoms with Gasteiger partial charge in [0, 0.05) is 91.7 Å². The van der Waals surface area contributed by atoms with Crippen molar-refractivity contribution in [3.8, 4) is 22.3 Å². The summed E-state index contributed by atoms with van der Waals surface area (Å²) in [5, 5.41) is 3.94. The van der Waals surface area contributed by atoms with Gasteiger partial charge in [-0.15, -0.1) is 0 Å². The Kier molecular flexibility index (Phi) is 4.46. The zero-order valence-electron chi connectivity index (χ0n) is 18.0. The highest BCUT2D eigenvalue weighted by atomic mass is 16.2. The molecule has 2 N–H and O–H groups in total. The van der Waals surface area contributed by atoms with Crippen LogP contribution >= 0.6 is 0 Å². The number of carbonyl (C=O) groups excluding carboxylic acids is 1. The predicted molar refractivity (Wildman–Crippen MR) is 125 cm³/mol. The molecule has 0 atom stereocenters. The van der Waals surface area contributed by atoms with Crippen LogP contribution in [0.2, 0.25) is 0 Å². The number of hydrogen-bond acceptors (Lipinski definition) is 5. The van der Waals surface area contributed by atoms with E-state index in [1.165, 1.54) is 0 Å². The van der Waals surface area contributed by atoms with E-state index in [2.05, 4.69) is 56.5 Å². The number of rotatable bonds is 3. The smallest absolute Gasteiger partial charge is 0.267 e. The number of nitrogens with one attached hydrogen (secondary N) is 2. The lowest BCUT2D eigenvalue weighted by Crippen LogP contribution is -2.44. The Morgan fingerprint density at radius 2 is 1.78 bits per heavy atom. The van der Waals surface area contributed by atoms with Crippen LogP contribution in [0.1, 0.15) is 10.5 Å². The summed E-state index contributed by atoms with van der Waals surface area (Å²) < 4.78 is 2.02. The Morgan fingerprint density at radius 1 is 0.938 bits per heavy atom. The molecule has 0 radical (unpaired) electrons. The van der Waals surface area contributed by atoms with Gasteiger partial charge >= 0.3 is 0 Å². The largest absolute Gasteiger partial charge is 0.354 e. The first kappa shape index (κ1) is 19.1. The Balaban J connectivity index is 1.32. The van der Waals surface area contributed by atoms with Crippen molar-refractivity contribution >= 4 is 22.8 Å². The van der Waals surface area contributed by atoms with Crippen LogP contribution in [0.25, 0.3) is 33.3 Å². The summed E-state index contributed by atoms with van der Waals surface area (Å²) in [5.41, 5.74) is 5.67. The highest BCUT2D eigenvalue weighted by Crippen LogP contribution is 2.32. The summed E-state index contributed by atoms with van der Waals surface area (Å²) in [4.78, 5) is 29.5. The number of likely N-dealkylation sites (N-methyl/N-ethyl adjacent to an activating group) is 1. The lowest BCUT2D eigenvalue weighted by Gasteiger charge is -2.33. The van der Waals surface area contributed by atoms with Crippen molar-refractivity contribution in [2.24, 2.45) is 0 Å². The van der Waals surface area contributed by atoms with Crippen molar-refractivity contribution < 1.29 is 4.79 Å². The molecule has 6 heterocycles. The third-order valence-electron chi connectivity index (χ3n) is 6.52. The van der Waals surface area contributed by atoms with Crippen molar-refractivity contribution in [2.45, 2.75) is 6.54 Å². The van der Waals surface area contributed by atoms with Crippen LogP contribution in [0.5, 0.6) is 0 Å². The second-order valence-corrected chi connectivity index (χ2v) is 8.58. The van der Waals surface area contributed by atoms with Crippen molar-refractivity contribution in [3.05, 3.63) is 54.7 Å². The van der Waals surface area contributed by atoms with Gasteiger partial charge in [0.05, 0.1) is 0 Å². The van der Waals surface area contributed by atoms with Crippen molar-refractivity contribution in [2.75, 3.05) is 44.7 Å². The molecule has 2 aliphatic rings. The number of carbonyl (C=O) groups is 1. The van der Waals surface area contributed by atoms with Gasteiger partial charge in [0.2, 0.25) is 0 Å². The number of nitrogens with zero attached hydrogens (tertiary/aromatic N) is 5. The van der Waals surface area contributed by atoms with Crippen LogP contribution in [0.3, 0.4) is 0 Å². The van der Waals surface area contributed by atoms with Crippen molar-refractivity contribution in [1.82, 2.24) is 29.7 Å². The van der Waals surface area contributed by atoms with E-state index >= 15 is 0 Å². The van der Waals surface area contributed by atoms with Gasteiger partial charge in [0.15, 0.2) is 0 Å². The Labute approximate surface area is 185 Å². The maximum atomic E-state index is 12.2. The molecule has 0 unspecified atom stereocenters. The summed E-state index contributed by atoms with van der Waals surface area (Å²) in [5.74, 6) is 1.00. The molecule has 0 saturated carbocycles. The van der Waals surface area contributed by atoms with Crippen LogP contribution in [0.15, 0.2) is 49.1 Å². The Bertz CT molecular complexity index is 1300. The van der Waals surface area contributed by atoms with E-state index in [-0.39, 0.29) is 5.91 Å². The molecule has 1 fully saturated rings. The Hall–Kier alpha value is -3.65. The maximum Gasteiger partial charge on any atom is 0.267 e. The SMILES string of the molecule is CN1CCN(c2ccc(-c3cnc4[nH]cc(-c5cc6n(c5)CCNC6=O)c4c3)cn2)CC1. The molecule has 32 heavy (non-hydrogen) atoms. The fraction of sp³-hybridized carbons (Fsp3) is 0.292. The summed E-state index contributed by atoms with van der Waals surface area (Å²) in [6, 6.07) is 8.33. The van der Waals surface area contributed by atoms with Gasteiger partial charge < -0.3 is 24.7 Å². The van der Waals surface area contributed by atoms with Crippen LogP contribution in [-0.4, -0.2) is 70.1 Å². The molecule has 4 aromatic heterocycles. The molecule has 2 aliphatic heterocycles. The number of aromatic nitrogens is 4. The molecule has 1 saturated heterocycles. The number of anilines is 1. The number of fused-ring (bicyclic) bond motifs is 2. The number of piperazine rings is 1. The zero-order valence-corrected chi connectivity index (χ0v) is 18.0. The van der Waals surface area contributed by atoms with Gasteiger partial charge in [-0.05, 0) is 31.3 Å². The van der Waals surface area contributed by atoms with Crippen LogP contribution in [0.4, 0.5) is 5.82 Å². The topological polar surface area (TPSA) is 82.1 Å². The number of amides is 1. The maximum absolute atomic E-state index is 12.2. The quantitative estimate of drug-likeness (QED) is 0.525. The fourth-order valence-electron chi connectivity index (χ4n) is 4.59. The van der Waals surface area contributed by atoms with Gasteiger partial charge in [-0.2, -0.15) is 0 Å². The van der Waals surface area contributed by atoms with Crippen molar-refractivity contribution in [1.29, 1.82) is 0 Å². The summed E-state index contributed by atoms with van der Waals surface area (Å²) in [6.07, 6.45) is 7.84. The van der Waals surface area contributed by atoms with Gasteiger partial charge in [-0.25, -0.2) is 9.97 Å². The van der Waals surface area contributed by atoms with Crippen LogP contribution in [-0.2, 0) is 6.54 Å². The normalized spacial score (nSPS) is 16.9. The molecule has 0 aliphatic carbocycles. The fourth-order valence-corrected chi connectivity index (χ4v) is 4.59. The first-order valence-corrected chi connectivity index (χ1v) is 11.0. The summed E-state index contributed by atoms with van der Waals surface area (Å²) >= 11 is 0. The van der Waals surface area contributed by atoms with Gasteiger partial charge in [0.1, 0.15) is 17.2 Å². The van der Waals surface area contributed by atoms with E-state index in [1.807, 2.05) is 29.2 Å². The average molecular weight is 428 g/mol. The van der Waals surface area contributed by atoms with Crippen LogP contribution in [0, 0.1) is 0 Å². The number of aromatic amines is 1. The van der Waals surface area contributed by atoms with Gasteiger partial charge in [-0.3, -0.25) is 4.79 Å².